The average Bonchev–Trinajstić information content (AvgIpc) is 2.92. The van der Waals surface area contributed by atoms with Crippen LogP contribution in [-0.2, 0) is 11.3 Å². The van der Waals surface area contributed by atoms with Crippen LogP contribution in [-0.4, -0.2) is 39.9 Å². The van der Waals surface area contributed by atoms with Crippen LogP contribution in [0.4, 0.5) is 16.2 Å². The molecule has 0 fully saturated rings. The van der Waals surface area contributed by atoms with Crippen molar-refractivity contribution in [2.75, 3.05) is 18.0 Å². The van der Waals surface area contributed by atoms with E-state index in [1.54, 1.807) is 4.90 Å². The van der Waals surface area contributed by atoms with Crippen LogP contribution in [0.15, 0.2) is 54.6 Å². The van der Waals surface area contributed by atoms with Gasteiger partial charge in [-0.25, -0.2) is 4.79 Å². The zero-order valence-corrected chi connectivity index (χ0v) is 19.6. The predicted molar refractivity (Wildman–Crippen MR) is 127 cm³/mol. The molecule has 0 saturated heterocycles. The Labute approximate surface area is 193 Å². The Morgan fingerprint density at radius 2 is 1.84 bits per heavy atom. The molecule has 0 spiro atoms. The number of fused-ring (bicyclic) bond motifs is 1. The van der Waals surface area contributed by atoms with E-state index in [1.807, 2.05) is 70.2 Å². The minimum absolute atomic E-state index is 0.322. The van der Waals surface area contributed by atoms with Gasteiger partial charge in [-0.1, -0.05) is 23.7 Å². The van der Waals surface area contributed by atoms with Crippen LogP contribution < -0.4 is 4.90 Å². The Morgan fingerprint density at radius 1 is 1.03 bits per heavy atom. The molecule has 3 aromatic rings. The highest BCUT2D eigenvalue weighted by atomic mass is 35.5. The number of benzene rings is 2. The highest BCUT2D eigenvalue weighted by molar-refractivity contribution is 6.30. The summed E-state index contributed by atoms with van der Waals surface area (Å²) >= 11 is 6.28. The number of amides is 1. The molecule has 166 valence electrons. The second-order valence-electron chi connectivity index (χ2n) is 8.94. The Kier molecular flexibility index (Phi) is 6.07. The number of halogens is 1. The first kappa shape index (κ1) is 22.1. The fourth-order valence-corrected chi connectivity index (χ4v) is 3.89. The average molecular weight is 451 g/mol. The number of rotatable bonds is 2. The molecule has 0 N–H and O–H groups in total. The lowest BCUT2D eigenvalue weighted by atomic mass is 10.0. The molecular formula is C25H27ClN4O2. The van der Waals surface area contributed by atoms with Gasteiger partial charge in [0.2, 0.25) is 0 Å². The first-order valence-corrected chi connectivity index (χ1v) is 11.0. The molecule has 0 bridgehead atoms. The van der Waals surface area contributed by atoms with Crippen molar-refractivity contribution in [2.24, 2.45) is 0 Å². The van der Waals surface area contributed by atoms with Gasteiger partial charge in [-0.3, -0.25) is 0 Å². The van der Waals surface area contributed by atoms with E-state index in [4.69, 9.17) is 16.3 Å². The quantitative estimate of drug-likeness (QED) is 0.479. The molecule has 32 heavy (non-hydrogen) atoms. The molecule has 0 atom stereocenters. The molecule has 2 heterocycles. The van der Waals surface area contributed by atoms with Crippen LogP contribution in [0.5, 0.6) is 0 Å². The lowest BCUT2D eigenvalue weighted by Gasteiger charge is -2.27. The van der Waals surface area contributed by atoms with Gasteiger partial charge in [-0.05, 0) is 75.7 Å². The minimum Gasteiger partial charge on any atom is -0.444 e. The summed E-state index contributed by atoms with van der Waals surface area (Å²) < 4.78 is 5.66. The summed E-state index contributed by atoms with van der Waals surface area (Å²) in [6.07, 6.45) is -0.322. The SMILES string of the molecule is Cc1ccc(-c2ccc3c(c2)CN(C(=O)OC(C)(C)C)CCN3c2cccc(Cl)c2)nn1. The summed E-state index contributed by atoms with van der Waals surface area (Å²) in [5.41, 5.74) is 5.07. The fraction of sp³-hybridized carbons (Fsp3) is 0.320. The summed E-state index contributed by atoms with van der Waals surface area (Å²) in [7, 11) is 0. The van der Waals surface area contributed by atoms with Gasteiger partial charge in [-0.15, -0.1) is 0 Å². The summed E-state index contributed by atoms with van der Waals surface area (Å²) in [4.78, 5) is 16.8. The van der Waals surface area contributed by atoms with Crippen LogP contribution in [0.1, 0.15) is 32.0 Å². The molecule has 4 rings (SSSR count). The molecular weight excluding hydrogens is 424 g/mol. The number of ether oxygens (including phenoxy) is 1. The molecule has 0 aliphatic carbocycles. The van der Waals surface area contributed by atoms with Crippen LogP contribution in [0, 0.1) is 6.92 Å². The minimum atomic E-state index is -0.557. The van der Waals surface area contributed by atoms with E-state index < -0.39 is 5.60 Å². The largest absolute Gasteiger partial charge is 0.444 e. The van der Waals surface area contributed by atoms with E-state index in [9.17, 15) is 4.79 Å². The first-order chi connectivity index (χ1) is 15.2. The zero-order valence-electron chi connectivity index (χ0n) is 18.8. The van der Waals surface area contributed by atoms with Crippen LogP contribution in [0.3, 0.4) is 0 Å². The summed E-state index contributed by atoms with van der Waals surface area (Å²) in [6.45, 7) is 9.13. The number of carbonyl (C=O) groups is 1. The van der Waals surface area contributed by atoms with E-state index in [-0.39, 0.29) is 6.09 Å². The normalized spacial score (nSPS) is 14.0. The second-order valence-corrected chi connectivity index (χ2v) is 9.37. The smallest absolute Gasteiger partial charge is 0.410 e. The molecule has 1 amide bonds. The molecule has 7 heteroatoms. The third kappa shape index (κ3) is 5.02. The van der Waals surface area contributed by atoms with Gasteiger partial charge in [0.25, 0.3) is 0 Å². The molecule has 0 unspecified atom stereocenters. The van der Waals surface area contributed by atoms with Crippen molar-refractivity contribution in [1.82, 2.24) is 15.1 Å². The standard InChI is InChI=1S/C25H27ClN4O2/c1-17-8-10-22(28-27-17)18-9-11-23-19(14-18)16-29(24(31)32-25(2,3)4)12-13-30(23)21-7-5-6-20(26)15-21/h5-11,14-15H,12-13,16H2,1-4H3. The Balaban J connectivity index is 1.75. The van der Waals surface area contributed by atoms with Gasteiger partial charge < -0.3 is 14.5 Å². The molecule has 6 nitrogen and oxygen atoms in total. The number of carbonyl (C=O) groups excluding carboxylic acids is 1. The zero-order chi connectivity index (χ0) is 22.9. The summed E-state index contributed by atoms with van der Waals surface area (Å²) in [6, 6.07) is 17.9. The van der Waals surface area contributed by atoms with E-state index in [0.29, 0.717) is 24.7 Å². The highest BCUT2D eigenvalue weighted by Gasteiger charge is 2.28. The maximum Gasteiger partial charge on any atom is 0.410 e. The molecule has 1 aromatic heterocycles. The predicted octanol–water partition coefficient (Wildman–Crippen LogP) is 5.99. The van der Waals surface area contributed by atoms with Crippen molar-refractivity contribution in [3.8, 4) is 11.3 Å². The van der Waals surface area contributed by atoms with E-state index >= 15 is 0 Å². The number of aryl methyl sites for hydroxylation is 1. The van der Waals surface area contributed by atoms with E-state index in [2.05, 4.69) is 27.2 Å². The van der Waals surface area contributed by atoms with Gasteiger partial charge in [0.05, 0.1) is 17.9 Å². The van der Waals surface area contributed by atoms with Gasteiger partial charge in [-0.2, -0.15) is 10.2 Å². The van der Waals surface area contributed by atoms with Crippen molar-refractivity contribution in [2.45, 2.75) is 39.8 Å². The molecule has 0 radical (unpaired) electrons. The van der Waals surface area contributed by atoms with Gasteiger partial charge in [0.15, 0.2) is 0 Å². The Morgan fingerprint density at radius 3 is 2.53 bits per heavy atom. The van der Waals surface area contributed by atoms with Gasteiger partial charge in [0.1, 0.15) is 5.60 Å². The first-order valence-electron chi connectivity index (χ1n) is 10.6. The molecule has 0 saturated carbocycles. The summed E-state index contributed by atoms with van der Waals surface area (Å²) in [5, 5.41) is 9.18. The maximum absolute atomic E-state index is 12.9. The van der Waals surface area contributed by atoms with Crippen molar-refractivity contribution >= 4 is 29.1 Å². The lowest BCUT2D eigenvalue weighted by Crippen LogP contribution is -2.38. The van der Waals surface area contributed by atoms with Gasteiger partial charge in [0, 0.05) is 35.1 Å². The number of nitrogens with zero attached hydrogens (tertiary/aromatic N) is 4. The third-order valence-corrected chi connectivity index (χ3v) is 5.43. The molecule has 1 aliphatic rings. The highest BCUT2D eigenvalue weighted by Crippen LogP contribution is 2.35. The Hall–Kier alpha value is -3.12. The molecule has 2 aromatic carbocycles. The number of hydrogen-bond acceptors (Lipinski definition) is 5. The van der Waals surface area contributed by atoms with E-state index in [0.717, 1.165) is 33.9 Å². The van der Waals surface area contributed by atoms with Crippen LogP contribution in [0.2, 0.25) is 5.02 Å². The van der Waals surface area contributed by atoms with Gasteiger partial charge >= 0.3 is 6.09 Å². The lowest BCUT2D eigenvalue weighted by molar-refractivity contribution is 0.0244. The number of anilines is 2. The van der Waals surface area contributed by atoms with E-state index in [1.165, 1.54) is 0 Å². The van der Waals surface area contributed by atoms with Crippen molar-refractivity contribution < 1.29 is 9.53 Å². The topological polar surface area (TPSA) is 58.6 Å². The van der Waals surface area contributed by atoms with Crippen molar-refractivity contribution in [3.05, 3.63) is 70.9 Å². The van der Waals surface area contributed by atoms with Crippen LogP contribution >= 0.6 is 11.6 Å². The van der Waals surface area contributed by atoms with Crippen molar-refractivity contribution in [1.29, 1.82) is 0 Å². The molecule has 1 aliphatic heterocycles. The van der Waals surface area contributed by atoms with Crippen LogP contribution in [0.25, 0.3) is 11.3 Å². The fourth-order valence-electron chi connectivity index (χ4n) is 3.71. The van der Waals surface area contributed by atoms with Crippen molar-refractivity contribution in [3.63, 3.8) is 0 Å². The maximum atomic E-state index is 12.9. The second kappa shape index (κ2) is 8.79. The summed E-state index contributed by atoms with van der Waals surface area (Å²) in [5.74, 6) is 0. The third-order valence-electron chi connectivity index (χ3n) is 5.19. The Bertz CT molecular complexity index is 1130. The number of hydrogen-bond donors (Lipinski definition) is 0. The monoisotopic (exact) mass is 450 g/mol. The number of aromatic nitrogens is 2.